The Bertz CT molecular complexity index is 341. The lowest BCUT2D eigenvalue weighted by Gasteiger charge is -2.29. The zero-order chi connectivity index (χ0) is 17.8. The lowest BCUT2D eigenvalue weighted by Crippen LogP contribution is -2.29. The van der Waals surface area contributed by atoms with Crippen molar-refractivity contribution in [3.8, 4) is 0 Å². The Morgan fingerprint density at radius 3 is 1.30 bits per heavy atom. The zero-order valence-electron chi connectivity index (χ0n) is 15.2. The van der Waals surface area contributed by atoms with Crippen LogP contribution in [0, 0.1) is 0 Å². The Labute approximate surface area is 141 Å². The normalized spacial score (nSPS) is 13.0. The van der Waals surface area contributed by atoms with E-state index < -0.39 is 15.2 Å². The molecule has 0 saturated heterocycles. The standard InChI is InChI=1S/C14H33NO6P2/c1-6-11-12-15(13-22(16,18-7-2)19-8-3)14-23(17,20-9-4)21-10-5/h6-14H2,1-5H3. The van der Waals surface area contributed by atoms with Gasteiger partial charge in [-0.3, -0.25) is 14.0 Å². The molecule has 7 nitrogen and oxygen atoms in total. The average Bonchev–Trinajstić information content (AvgIpc) is 2.45. The van der Waals surface area contributed by atoms with Crippen LogP contribution in [-0.4, -0.2) is 50.4 Å². The highest BCUT2D eigenvalue weighted by atomic mass is 31.2. The van der Waals surface area contributed by atoms with Crippen LogP contribution in [0.5, 0.6) is 0 Å². The summed E-state index contributed by atoms with van der Waals surface area (Å²) in [6.07, 6.45) is 2.02. The Morgan fingerprint density at radius 1 is 0.696 bits per heavy atom. The molecule has 0 bridgehead atoms. The van der Waals surface area contributed by atoms with E-state index in [-0.39, 0.29) is 12.6 Å². The van der Waals surface area contributed by atoms with Crippen molar-refractivity contribution in [2.45, 2.75) is 47.5 Å². The zero-order valence-corrected chi connectivity index (χ0v) is 16.9. The molecule has 0 rings (SSSR count). The summed E-state index contributed by atoms with van der Waals surface area (Å²) in [4.78, 5) is 1.81. The Morgan fingerprint density at radius 2 is 1.04 bits per heavy atom. The second kappa shape index (κ2) is 12.6. The molecule has 0 heterocycles. The number of rotatable bonds is 15. The molecule has 0 aliphatic heterocycles. The van der Waals surface area contributed by atoms with Crippen molar-refractivity contribution in [3.05, 3.63) is 0 Å². The maximum absolute atomic E-state index is 12.7. The minimum absolute atomic E-state index is 0.0822. The van der Waals surface area contributed by atoms with Crippen molar-refractivity contribution in [1.29, 1.82) is 0 Å². The molecule has 0 fully saturated rings. The van der Waals surface area contributed by atoms with Crippen LogP contribution >= 0.6 is 15.2 Å². The third-order valence-corrected chi connectivity index (χ3v) is 6.98. The largest absolute Gasteiger partial charge is 0.344 e. The van der Waals surface area contributed by atoms with Crippen LogP contribution in [0.25, 0.3) is 0 Å². The molecule has 0 aromatic carbocycles. The molecule has 0 amide bonds. The molecule has 0 aliphatic carbocycles. The third kappa shape index (κ3) is 9.98. The maximum atomic E-state index is 12.7. The monoisotopic (exact) mass is 373 g/mol. The van der Waals surface area contributed by atoms with Gasteiger partial charge in [0.05, 0.1) is 26.4 Å². The summed E-state index contributed by atoms with van der Waals surface area (Å²) in [6, 6.07) is 0. The lowest BCUT2D eigenvalue weighted by molar-refractivity contribution is 0.183. The van der Waals surface area contributed by atoms with Gasteiger partial charge in [-0.1, -0.05) is 13.3 Å². The summed E-state index contributed by atoms with van der Waals surface area (Å²) >= 11 is 0. The van der Waals surface area contributed by atoms with E-state index in [4.69, 9.17) is 18.1 Å². The minimum atomic E-state index is -3.25. The molecule has 0 radical (unpaired) electrons. The quantitative estimate of drug-likeness (QED) is 0.390. The van der Waals surface area contributed by atoms with E-state index >= 15 is 0 Å². The highest BCUT2D eigenvalue weighted by Gasteiger charge is 2.33. The van der Waals surface area contributed by atoms with Gasteiger partial charge in [-0.25, -0.2) is 0 Å². The van der Waals surface area contributed by atoms with E-state index in [2.05, 4.69) is 6.92 Å². The molecule has 0 N–H and O–H groups in total. The fourth-order valence-electron chi connectivity index (χ4n) is 2.08. The van der Waals surface area contributed by atoms with Crippen molar-refractivity contribution >= 4 is 15.2 Å². The summed E-state index contributed by atoms with van der Waals surface area (Å²) < 4.78 is 46.8. The van der Waals surface area contributed by atoms with Gasteiger partial charge in [-0.05, 0) is 40.7 Å². The predicted octanol–water partition coefficient (Wildman–Crippen LogP) is 4.54. The van der Waals surface area contributed by atoms with Crippen LogP contribution in [0.4, 0.5) is 0 Å². The fourth-order valence-corrected chi connectivity index (χ4v) is 5.75. The first-order valence-corrected chi connectivity index (χ1v) is 11.8. The van der Waals surface area contributed by atoms with Gasteiger partial charge < -0.3 is 18.1 Å². The molecule has 0 aromatic heterocycles. The SMILES string of the molecule is CCCCN(CP(=O)(OCC)OCC)CP(=O)(OCC)OCC. The molecule has 0 aromatic rings. The van der Waals surface area contributed by atoms with E-state index in [1.807, 2.05) is 4.90 Å². The number of unbranched alkanes of at least 4 members (excludes halogenated alkanes) is 1. The van der Waals surface area contributed by atoms with Crippen molar-refractivity contribution in [3.63, 3.8) is 0 Å². The Balaban J connectivity index is 5.09. The van der Waals surface area contributed by atoms with Gasteiger partial charge in [0.25, 0.3) is 0 Å². The smallest absolute Gasteiger partial charge is 0.308 e. The molecule has 9 heteroatoms. The van der Waals surface area contributed by atoms with Crippen LogP contribution in [0.15, 0.2) is 0 Å². The van der Waals surface area contributed by atoms with Gasteiger partial charge >= 0.3 is 15.2 Å². The predicted molar refractivity (Wildman–Crippen MR) is 93.1 cm³/mol. The van der Waals surface area contributed by atoms with Crippen molar-refractivity contribution in [1.82, 2.24) is 4.90 Å². The molecule has 0 atom stereocenters. The van der Waals surface area contributed by atoms with Crippen LogP contribution in [0.2, 0.25) is 0 Å². The minimum Gasteiger partial charge on any atom is -0.308 e. The molecule has 0 saturated carbocycles. The third-order valence-electron chi connectivity index (χ3n) is 2.88. The fraction of sp³-hybridized carbons (Fsp3) is 1.00. The van der Waals surface area contributed by atoms with Gasteiger partial charge in [-0.2, -0.15) is 0 Å². The molecule has 140 valence electrons. The van der Waals surface area contributed by atoms with Gasteiger partial charge in [0.1, 0.15) is 12.6 Å². The number of hydrogen-bond donors (Lipinski definition) is 0. The summed E-state index contributed by atoms with van der Waals surface area (Å²) in [6.45, 7) is 11.0. The second-order valence-corrected chi connectivity index (χ2v) is 8.97. The van der Waals surface area contributed by atoms with E-state index in [0.29, 0.717) is 33.0 Å². The highest BCUT2D eigenvalue weighted by Crippen LogP contribution is 2.53. The average molecular weight is 373 g/mol. The van der Waals surface area contributed by atoms with Crippen LogP contribution in [-0.2, 0) is 27.2 Å². The van der Waals surface area contributed by atoms with Crippen molar-refractivity contribution < 1.29 is 27.2 Å². The topological polar surface area (TPSA) is 74.3 Å². The molecule has 23 heavy (non-hydrogen) atoms. The molecule has 0 unspecified atom stereocenters. The molecule has 0 aliphatic rings. The van der Waals surface area contributed by atoms with E-state index in [0.717, 1.165) is 12.8 Å². The van der Waals surface area contributed by atoms with Crippen LogP contribution < -0.4 is 0 Å². The van der Waals surface area contributed by atoms with E-state index in [1.54, 1.807) is 27.7 Å². The molecule has 0 spiro atoms. The van der Waals surface area contributed by atoms with Gasteiger partial charge in [-0.15, -0.1) is 0 Å². The van der Waals surface area contributed by atoms with E-state index in [1.165, 1.54) is 0 Å². The van der Waals surface area contributed by atoms with Gasteiger partial charge in [0, 0.05) is 0 Å². The summed E-state index contributed by atoms with van der Waals surface area (Å²) in [5.74, 6) is 0. The Hall–Kier alpha value is 0.260. The maximum Gasteiger partial charge on any atom is 0.344 e. The first kappa shape index (κ1) is 23.3. The summed E-state index contributed by atoms with van der Waals surface area (Å²) in [5.41, 5.74) is 0. The van der Waals surface area contributed by atoms with Crippen LogP contribution in [0.1, 0.15) is 47.5 Å². The number of nitrogens with zero attached hydrogens (tertiary/aromatic N) is 1. The van der Waals surface area contributed by atoms with Crippen molar-refractivity contribution in [2.24, 2.45) is 0 Å². The summed E-state index contributed by atoms with van der Waals surface area (Å²) in [5, 5.41) is 0. The summed E-state index contributed by atoms with van der Waals surface area (Å²) in [7, 11) is -6.49. The van der Waals surface area contributed by atoms with E-state index in [9.17, 15) is 9.13 Å². The highest BCUT2D eigenvalue weighted by molar-refractivity contribution is 7.54. The van der Waals surface area contributed by atoms with Crippen molar-refractivity contribution in [2.75, 3.05) is 45.5 Å². The number of hydrogen-bond acceptors (Lipinski definition) is 7. The first-order chi connectivity index (χ1) is 10.9. The van der Waals surface area contributed by atoms with Gasteiger partial charge in [0.15, 0.2) is 0 Å². The Kier molecular flexibility index (Phi) is 12.7. The second-order valence-electron chi connectivity index (χ2n) is 4.92. The van der Waals surface area contributed by atoms with Gasteiger partial charge in [0.2, 0.25) is 0 Å². The molecular formula is C14H33NO6P2. The van der Waals surface area contributed by atoms with Crippen LogP contribution in [0.3, 0.4) is 0 Å². The molecular weight excluding hydrogens is 340 g/mol. The lowest BCUT2D eigenvalue weighted by atomic mass is 10.3. The first-order valence-electron chi connectivity index (χ1n) is 8.37.